The molecule has 1 saturated heterocycles. The fourth-order valence-corrected chi connectivity index (χ4v) is 2.85. The van der Waals surface area contributed by atoms with Crippen LogP contribution in [0.15, 0.2) is 29.2 Å². The molecule has 1 unspecified atom stereocenters. The second-order valence-corrected chi connectivity index (χ2v) is 6.49. The van der Waals surface area contributed by atoms with Gasteiger partial charge >= 0.3 is 0 Å². The van der Waals surface area contributed by atoms with Gasteiger partial charge in [0.25, 0.3) is 5.56 Å². The van der Waals surface area contributed by atoms with Crippen LogP contribution in [-0.2, 0) is 11.3 Å². The summed E-state index contributed by atoms with van der Waals surface area (Å²) in [5.41, 5.74) is 1.98. The molecule has 1 aliphatic heterocycles. The monoisotopic (exact) mass is 300 g/mol. The second kappa shape index (κ2) is 5.21. The highest BCUT2D eigenvalue weighted by Crippen LogP contribution is 2.24. The largest absolute Gasteiger partial charge is 0.354 e. The number of nitrogens with zero attached hydrogens (tertiary/aromatic N) is 2. The van der Waals surface area contributed by atoms with Crippen molar-refractivity contribution in [1.29, 1.82) is 0 Å². The number of aromatic nitrogens is 2. The molecule has 6 heteroatoms. The van der Waals surface area contributed by atoms with Gasteiger partial charge in [-0.2, -0.15) is 0 Å². The lowest BCUT2D eigenvalue weighted by Crippen LogP contribution is -2.43. The standard InChI is InChI=1S/C16H20N4O2/c1-10-5-4-6-20-12(21)7-11(19-14(10)20)8-17-13-15(22)18-9-16(13,2)3/h4-7,13,17H,8-9H2,1-3H3,(H,18,22). The van der Waals surface area contributed by atoms with E-state index >= 15 is 0 Å². The van der Waals surface area contributed by atoms with Gasteiger partial charge in [0.15, 0.2) is 0 Å². The van der Waals surface area contributed by atoms with Crippen molar-refractivity contribution in [3.05, 3.63) is 46.0 Å². The molecule has 0 saturated carbocycles. The van der Waals surface area contributed by atoms with Crippen molar-refractivity contribution in [2.75, 3.05) is 6.54 Å². The quantitative estimate of drug-likeness (QED) is 0.871. The minimum Gasteiger partial charge on any atom is -0.354 e. The number of aryl methyl sites for hydroxylation is 1. The molecule has 22 heavy (non-hydrogen) atoms. The lowest BCUT2D eigenvalue weighted by Gasteiger charge is -2.24. The summed E-state index contributed by atoms with van der Waals surface area (Å²) in [6.45, 7) is 7.04. The fourth-order valence-electron chi connectivity index (χ4n) is 2.85. The first-order valence-electron chi connectivity index (χ1n) is 7.37. The van der Waals surface area contributed by atoms with Gasteiger partial charge in [0, 0.05) is 30.8 Å². The van der Waals surface area contributed by atoms with Gasteiger partial charge in [0.2, 0.25) is 5.91 Å². The number of rotatable bonds is 3. The molecular weight excluding hydrogens is 280 g/mol. The number of hydrogen-bond acceptors (Lipinski definition) is 4. The molecule has 3 rings (SSSR count). The van der Waals surface area contributed by atoms with Gasteiger partial charge in [-0.3, -0.25) is 19.3 Å². The maximum absolute atomic E-state index is 12.2. The second-order valence-electron chi connectivity index (χ2n) is 6.49. The van der Waals surface area contributed by atoms with Gasteiger partial charge in [-0.15, -0.1) is 0 Å². The Morgan fingerprint density at radius 1 is 1.45 bits per heavy atom. The Labute approximate surface area is 128 Å². The summed E-state index contributed by atoms with van der Waals surface area (Å²) in [5.74, 6) is -0.00121. The summed E-state index contributed by atoms with van der Waals surface area (Å²) in [4.78, 5) is 28.6. The number of carbonyl (C=O) groups excluding carboxylic acids is 1. The van der Waals surface area contributed by atoms with Gasteiger partial charge in [-0.25, -0.2) is 4.98 Å². The average Bonchev–Trinajstić information content (AvgIpc) is 2.72. The number of hydrogen-bond donors (Lipinski definition) is 2. The van der Waals surface area contributed by atoms with Crippen LogP contribution in [0.5, 0.6) is 0 Å². The van der Waals surface area contributed by atoms with Gasteiger partial charge < -0.3 is 5.32 Å². The van der Waals surface area contributed by atoms with Crippen molar-refractivity contribution in [1.82, 2.24) is 20.0 Å². The topological polar surface area (TPSA) is 75.5 Å². The third kappa shape index (κ3) is 2.50. The van der Waals surface area contributed by atoms with Crippen LogP contribution in [0.4, 0.5) is 0 Å². The van der Waals surface area contributed by atoms with Crippen molar-refractivity contribution in [3.63, 3.8) is 0 Å². The molecule has 6 nitrogen and oxygen atoms in total. The highest BCUT2D eigenvalue weighted by Gasteiger charge is 2.40. The minimum absolute atomic E-state index is 0.00121. The summed E-state index contributed by atoms with van der Waals surface area (Å²) >= 11 is 0. The maximum atomic E-state index is 12.2. The molecule has 0 bridgehead atoms. The third-order valence-corrected chi connectivity index (χ3v) is 4.19. The summed E-state index contributed by atoms with van der Waals surface area (Å²) < 4.78 is 1.53. The van der Waals surface area contributed by atoms with Gasteiger partial charge in [0.05, 0.1) is 11.7 Å². The Bertz CT molecular complexity index is 794. The van der Waals surface area contributed by atoms with Gasteiger partial charge in [-0.1, -0.05) is 19.9 Å². The smallest absolute Gasteiger partial charge is 0.258 e. The molecule has 1 amide bonds. The van der Waals surface area contributed by atoms with Crippen molar-refractivity contribution < 1.29 is 4.79 Å². The van der Waals surface area contributed by atoms with E-state index in [2.05, 4.69) is 15.6 Å². The summed E-state index contributed by atoms with van der Waals surface area (Å²) in [5, 5.41) is 6.09. The maximum Gasteiger partial charge on any atom is 0.258 e. The number of nitrogens with one attached hydrogen (secondary N) is 2. The van der Waals surface area contributed by atoms with Crippen molar-refractivity contribution in [2.24, 2.45) is 5.41 Å². The third-order valence-electron chi connectivity index (χ3n) is 4.19. The molecule has 3 heterocycles. The molecule has 1 atom stereocenters. The summed E-state index contributed by atoms with van der Waals surface area (Å²) in [7, 11) is 0. The van der Waals surface area contributed by atoms with E-state index in [4.69, 9.17) is 0 Å². The van der Waals surface area contributed by atoms with Gasteiger partial charge in [0.1, 0.15) is 5.65 Å². The van der Waals surface area contributed by atoms with E-state index in [1.807, 2.05) is 32.9 Å². The van der Waals surface area contributed by atoms with Crippen LogP contribution in [-0.4, -0.2) is 27.9 Å². The Balaban J connectivity index is 1.87. The Morgan fingerprint density at radius 2 is 2.23 bits per heavy atom. The van der Waals surface area contributed by atoms with E-state index in [0.29, 0.717) is 24.4 Å². The van der Waals surface area contributed by atoms with Crippen LogP contribution in [0.3, 0.4) is 0 Å². The fraction of sp³-hybridized carbons (Fsp3) is 0.438. The molecule has 2 aromatic rings. The van der Waals surface area contributed by atoms with E-state index in [-0.39, 0.29) is 22.9 Å². The van der Waals surface area contributed by atoms with Crippen LogP contribution in [0.2, 0.25) is 0 Å². The molecule has 1 fully saturated rings. The zero-order chi connectivity index (χ0) is 15.9. The number of carbonyl (C=O) groups is 1. The molecule has 2 aromatic heterocycles. The summed E-state index contributed by atoms with van der Waals surface area (Å²) in [6, 6.07) is 4.99. The molecule has 1 aliphatic rings. The predicted octanol–water partition coefficient (Wildman–Crippen LogP) is 0.617. The molecular formula is C16H20N4O2. The number of amides is 1. The van der Waals surface area contributed by atoms with E-state index in [1.54, 1.807) is 6.20 Å². The van der Waals surface area contributed by atoms with E-state index in [0.717, 1.165) is 5.56 Å². The zero-order valence-corrected chi connectivity index (χ0v) is 13.0. The lowest BCUT2D eigenvalue weighted by atomic mass is 9.87. The average molecular weight is 300 g/mol. The first-order valence-corrected chi connectivity index (χ1v) is 7.37. The first kappa shape index (κ1) is 14.7. The van der Waals surface area contributed by atoms with E-state index < -0.39 is 0 Å². The van der Waals surface area contributed by atoms with E-state index in [1.165, 1.54) is 10.5 Å². The van der Waals surface area contributed by atoms with Crippen LogP contribution in [0, 0.1) is 12.3 Å². The first-order chi connectivity index (χ1) is 10.4. The summed E-state index contributed by atoms with van der Waals surface area (Å²) in [6.07, 6.45) is 1.71. The van der Waals surface area contributed by atoms with E-state index in [9.17, 15) is 9.59 Å². The van der Waals surface area contributed by atoms with Crippen LogP contribution in [0.25, 0.3) is 5.65 Å². The minimum atomic E-state index is -0.273. The number of pyridine rings is 1. The Hall–Kier alpha value is -2.21. The SMILES string of the molecule is Cc1cccn2c(=O)cc(CNC3C(=O)NCC3(C)C)nc12. The lowest BCUT2D eigenvalue weighted by molar-refractivity contribution is -0.121. The van der Waals surface area contributed by atoms with Crippen LogP contribution >= 0.6 is 0 Å². The molecule has 116 valence electrons. The van der Waals surface area contributed by atoms with Crippen molar-refractivity contribution >= 4 is 11.6 Å². The Kier molecular flexibility index (Phi) is 3.48. The molecule has 0 radical (unpaired) electrons. The van der Waals surface area contributed by atoms with Crippen molar-refractivity contribution in [3.8, 4) is 0 Å². The predicted molar refractivity (Wildman–Crippen MR) is 83.6 cm³/mol. The van der Waals surface area contributed by atoms with Crippen LogP contribution < -0.4 is 16.2 Å². The van der Waals surface area contributed by atoms with Gasteiger partial charge in [-0.05, 0) is 18.6 Å². The normalized spacial score (nSPS) is 20.3. The zero-order valence-electron chi connectivity index (χ0n) is 13.0. The highest BCUT2D eigenvalue weighted by molar-refractivity contribution is 5.85. The molecule has 0 aliphatic carbocycles. The Morgan fingerprint density at radius 3 is 2.91 bits per heavy atom. The highest BCUT2D eigenvalue weighted by atomic mass is 16.2. The molecule has 0 spiro atoms. The van der Waals surface area contributed by atoms with Crippen LogP contribution in [0.1, 0.15) is 25.1 Å². The number of fused-ring (bicyclic) bond motifs is 1. The van der Waals surface area contributed by atoms with Crippen molar-refractivity contribution in [2.45, 2.75) is 33.4 Å². The molecule has 2 N–H and O–H groups in total. The molecule has 0 aromatic carbocycles.